The SMILES string of the molecule is CCCNC(=O)[C@H](C)NC(=O)c1c(-c2ccccc2)noc1C. The summed E-state index contributed by atoms with van der Waals surface area (Å²) in [5.41, 5.74) is 1.62. The third kappa shape index (κ3) is 3.97. The lowest BCUT2D eigenvalue weighted by Gasteiger charge is -2.13. The molecule has 6 heteroatoms. The number of hydrogen-bond acceptors (Lipinski definition) is 4. The van der Waals surface area contributed by atoms with Crippen molar-refractivity contribution in [3.8, 4) is 11.3 Å². The predicted molar refractivity (Wildman–Crippen MR) is 86.9 cm³/mol. The van der Waals surface area contributed by atoms with Gasteiger partial charge in [-0.05, 0) is 20.3 Å². The van der Waals surface area contributed by atoms with E-state index in [1.54, 1.807) is 13.8 Å². The van der Waals surface area contributed by atoms with E-state index >= 15 is 0 Å². The average molecular weight is 315 g/mol. The van der Waals surface area contributed by atoms with Crippen molar-refractivity contribution < 1.29 is 14.1 Å². The molecule has 2 rings (SSSR count). The molecule has 0 unspecified atom stereocenters. The van der Waals surface area contributed by atoms with Gasteiger partial charge in [-0.15, -0.1) is 0 Å². The van der Waals surface area contributed by atoms with Crippen LogP contribution < -0.4 is 10.6 Å². The Morgan fingerprint density at radius 3 is 2.61 bits per heavy atom. The zero-order chi connectivity index (χ0) is 16.8. The van der Waals surface area contributed by atoms with E-state index in [0.717, 1.165) is 12.0 Å². The molecular formula is C17H21N3O3. The minimum atomic E-state index is -0.632. The molecule has 0 saturated carbocycles. The van der Waals surface area contributed by atoms with E-state index in [0.29, 0.717) is 23.6 Å². The minimum absolute atomic E-state index is 0.212. The average Bonchev–Trinajstić information content (AvgIpc) is 2.95. The summed E-state index contributed by atoms with van der Waals surface area (Å²) in [6.07, 6.45) is 0.843. The van der Waals surface area contributed by atoms with Crippen LogP contribution in [0.15, 0.2) is 34.9 Å². The number of nitrogens with zero attached hydrogens (tertiary/aromatic N) is 1. The molecule has 1 atom stereocenters. The normalized spacial score (nSPS) is 11.8. The van der Waals surface area contributed by atoms with E-state index < -0.39 is 6.04 Å². The number of amides is 2. The van der Waals surface area contributed by atoms with Crippen molar-refractivity contribution in [1.29, 1.82) is 0 Å². The van der Waals surface area contributed by atoms with Gasteiger partial charge >= 0.3 is 0 Å². The Bertz CT molecular complexity index is 680. The van der Waals surface area contributed by atoms with E-state index in [9.17, 15) is 9.59 Å². The van der Waals surface area contributed by atoms with Crippen LogP contribution >= 0.6 is 0 Å². The van der Waals surface area contributed by atoms with E-state index in [-0.39, 0.29) is 11.8 Å². The first-order valence-electron chi connectivity index (χ1n) is 7.64. The number of carbonyl (C=O) groups is 2. The molecule has 2 aromatic rings. The maximum atomic E-state index is 12.5. The molecule has 0 aliphatic heterocycles. The maximum Gasteiger partial charge on any atom is 0.257 e. The minimum Gasteiger partial charge on any atom is -0.360 e. The lowest BCUT2D eigenvalue weighted by atomic mass is 10.1. The molecule has 1 heterocycles. The molecule has 1 aromatic carbocycles. The van der Waals surface area contributed by atoms with Gasteiger partial charge < -0.3 is 15.2 Å². The zero-order valence-corrected chi connectivity index (χ0v) is 13.6. The van der Waals surface area contributed by atoms with Gasteiger partial charge in [-0.3, -0.25) is 9.59 Å². The van der Waals surface area contributed by atoms with Gasteiger partial charge in [-0.2, -0.15) is 0 Å². The van der Waals surface area contributed by atoms with Gasteiger partial charge in [0.05, 0.1) is 0 Å². The van der Waals surface area contributed by atoms with Crippen LogP contribution in [0.25, 0.3) is 11.3 Å². The van der Waals surface area contributed by atoms with Gasteiger partial charge in [0.15, 0.2) is 0 Å². The summed E-state index contributed by atoms with van der Waals surface area (Å²) in [6, 6.07) is 8.68. The van der Waals surface area contributed by atoms with Gasteiger partial charge in [0.2, 0.25) is 5.91 Å². The largest absolute Gasteiger partial charge is 0.360 e. The summed E-state index contributed by atoms with van der Waals surface area (Å²) in [6.45, 7) is 5.88. The number of carbonyl (C=O) groups excluding carboxylic acids is 2. The Morgan fingerprint density at radius 1 is 1.26 bits per heavy atom. The molecule has 1 aromatic heterocycles. The monoisotopic (exact) mass is 315 g/mol. The van der Waals surface area contributed by atoms with Crippen molar-refractivity contribution in [2.45, 2.75) is 33.2 Å². The fourth-order valence-corrected chi connectivity index (χ4v) is 2.17. The van der Waals surface area contributed by atoms with E-state index in [1.165, 1.54) is 0 Å². The molecule has 0 spiro atoms. The molecule has 0 saturated heterocycles. The van der Waals surface area contributed by atoms with Gasteiger partial charge in [0.25, 0.3) is 5.91 Å². The molecule has 0 aliphatic rings. The second-order valence-corrected chi connectivity index (χ2v) is 5.31. The lowest BCUT2D eigenvalue weighted by Crippen LogP contribution is -2.45. The topological polar surface area (TPSA) is 84.2 Å². The van der Waals surface area contributed by atoms with Crippen molar-refractivity contribution in [2.75, 3.05) is 6.54 Å². The molecule has 0 fully saturated rings. The fraction of sp³-hybridized carbons (Fsp3) is 0.353. The van der Waals surface area contributed by atoms with Crippen LogP contribution in [0.5, 0.6) is 0 Å². The van der Waals surface area contributed by atoms with E-state index in [4.69, 9.17) is 4.52 Å². The predicted octanol–water partition coefficient (Wildman–Crippen LogP) is 2.29. The third-order valence-electron chi connectivity index (χ3n) is 3.43. The zero-order valence-electron chi connectivity index (χ0n) is 13.6. The molecule has 2 N–H and O–H groups in total. The highest BCUT2D eigenvalue weighted by Gasteiger charge is 2.24. The van der Waals surface area contributed by atoms with Crippen molar-refractivity contribution in [3.05, 3.63) is 41.7 Å². The molecule has 0 bridgehead atoms. The van der Waals surface area contributed by atoms with Crippen LogP contribution in [0, 0.1) is 6.92 Å². The first-order chi connectivity index (χ1) is 11.0. The molecule has 2 amide bonds. The van der Waals surface area contributed by atoms with Crippen LogP contribution in [0.4, 0.5) is 0 Å². The number of nitrogens with one attached hydrogen (secondary N) is 2. The molecule has 0 radical (unpaired) electrons. The Kier molecular flexibility index (Phi) is 5.51. The molecule has 122 valence electrons. The second kappa shape index (κ2) is 7.58. The first kappa shape index (κ1) is 16.7. The van der Waals surface area contributed by atoms with Gasteiger partial charge in [0.1, 0.15) is 23.1 Å². The number of rotatable bonds is 6. The van der Waals surface area contributed by atoms with Crippen LogP contribution in [-0.4, -0.2) is 29.6 Å². The van der Waals surface area contributed by atoms with Crippen molar-refractivity contribution in [2.24, 2.45) is 0 Å². The van der Waals surface area contributed by atoms with Crippen LogP contribution in [-0.2, 0) is 4.79 Å². The van der Waals surface area contributed by atoms with E-state index in [1.807, 2.05) is 37.3 Å². The highest BCUT2D eigenvalue weighted by Crippen LogP contribution is 2.24. The summed E-state index contributed by atoms with van der Waals surface area (Å²) in [7, 11) is 0. The summed E-state index contributed by atoms with van der Waals surface area (Å²) in [4.78, 5) is 24.4. The van der Waals surface area contributed by atoms with Gasteiger partial charge in [-0.1, -0.05) is 42.4 Å². The number of benzene rings is 1. The smallest absolute Gasteiger partial charge is 0.257 e. The van der Waals surface area contributed by atoms with Crippen molar-refractivity contribution in [1.82, 2.24) is 15.8 Å². The lowest BCUT2D eigenvalue weighted by molar-refractivity contribution is -0.122. The number of aromatic nitrogens is 1. The summed E-state index contributed by atoms with van der Waals surface area (Å²) < 4.78 is 5.17. The third-order valence-corrected chi connectivity index (χ3v) is 3.43. The molecule has 0 aliphatic carbocycles. The molecule has 23 heavy (non-hydrogen) atoms. The second-order valence-electron chi connectivity index (χ2n) is 5.31. The maximum absolute atomic E-state index is 12.5. The van der Waals surface area contributed by atoms with Crippen LogP contribution in [0.1, 0.15) is 36.4 Å². The summed E-state index contributed by atoms with van der Waals surface area (Å²) >= 11 is 0. The number of aryl methyl sites for hydroxylation is 1. The Hall–Kier alpha value is -2.63. The van der Waals surface area contributed by atoms with Crippen molar-refractivity contribution >= 4 is 11.8 Å². The Balaban J connectivity index is 2.17. The van der Waals surface area contributed by atoms with E-state index in [2.05, 4.69) is 15.8 Å². The highest BCUT2D eigenvalue weighted by molar-refractivity contribution is 6.02. The van der Waals surface area contributed by atoms with Crippen molar-refractivity contribution in [3.63, 3.8) is 0 Å². The Morgan fingerprint density at radius 2 is 1.96 bits per heavy atom. The van der Waals surface area contributed by atoms with Gasteiger partial charge in [-0.25, -0.2) is 0 Å². The fourth-order valence-electron chi connectivity index (χ4n) is 2.17. The molecular weight excluding hydrogens is 294 g/mol. The quantitative estimate of drug-likeness (QED) is 0.856. The summed E-state index contributed by atoms with van der Waals surface area (Å²) in [5, 5.41) is 9.41. The van der Waals surface area contributed by atoms with Crippen LogP contribution in [0.3, 0.4) is 0 Å². The van der Waals surface area contributed by atoms with Crippen LogP contribution in [0.2, 0.25) is 0 Å². The number of hydrogen-bond donors (Lipinski definition) is 2. The van der Waals surface area contributed by atoms with Gasteiger partial charge in [0, 0.05) is 12.1 Å². The first-order valence-corrected chi connectivity index (χ1v) is 7.64. The Labute approximate surface area is 135 Å². The summed E-state index contributed by atoms with van der Waals surface area (Å²) in [5.74, 6) is -0.167. The molecule has 6 nitrogen and oxygen atoms in total. The highest BCUT2D eigenvalue weighted by atomic mass is 16.5. The standard InChI is InChI=1S/C17H21N3O3/c1-4-10-18-16(21)11(2)19-17(22)14-12(3)23-20-15(14)13-8-6-5-7-9-13/h5-9,11H,4,10H2,1-3H3,(H,18,21)(H,19,22)/t11-/m0/s1.